The largest absolute Gasteiger partial charge is 0.489 e. The zero-order valence-corrected chi connectivity index (χ0v) is 14.6. The first kappa shape index (κ1) is 17.8. The van der Waals surface area contributed by atoms with Gasteiger partial charge >= 0.3 is 0 Å². The molecule has 1 aliphatic rings. The molecule has 0 aromatic heterocycles. The number of piperazine rings is 1. The summed E-state index contributed by atoms with van der Waals surface area (Å²) in [6.07, 6.45) is 0.835. The molecule has 3 rings (SSSR count). The highest BCUT2D eigenvalue weighted by atomic mass is 16.5. The van der Waals surface area contributed by atoms with Gasteiger partial charge in [0, 0.05) is 31.9 Å². The smallest absolute Gasteiger partial charge is 0.241 e. The van der Waals surface area contributed by atoms with Crippen LogP contribution in [-0.2, 0) is 16.2 Å². The number of hydrogen-bond acceptors (Lipinski definition) is 4. The van der Waals surface area contributed by atoms with Crippen molar-refractivity contribution in [3.8, 4) is 5.75 Å². The zero-order valence-electron chi connectivity index (χ0n) is 14.6. The van der Waals surface area contributed by atoms with Gasteiger partial charge in [-0.2, -0.15) is 0 Å². The first-order chi connectivity index (χ1) is 12.7. The Morgan fingerprint density at radius 2 is 1.69 bits per heavy atom. The summed E-state index contributed by atoms with van der Waals surface area (Å²) >= 11 is 0. The van der Waals surface area contributed by atoms with Crippen LogP contribution in [0.25, 0.3) is 0 Å². The third kappa shape index (κ3) is 4.99. The van der Waals surface area contributed by atoms with Crippen LogP contribution in [0.3, 0.4) is 0 Å². The molecule has 136 valence electrons. The number of amides is 2. The summed E-state index contributed by atoms with van der Waals surface area (Å²) in [5.41, 5.74) is 1.99. The van der Waals surface area contributed by atoms with Crippen molar-refractivity contribution in [3.05, 3.63) is 60.2 Å². The highest BCUT2D eigenvalue weighted by Crippen LogP contribution is 2.17. The normalized spacial score (nSPS) is 14.0. The molecule has 0 unspecified atom stereocenters. The molecular weight excluding hydrogens is 330 g/mol. The third-order valence-electron chi connectivity index (χ3n) is 4.36. The number of rotatable bonds is 7. The number of nitrogens with one attached hydrogen (secondary N) is 1. The van der Waals surface area contributed by atoms with E-state index in [1.807, 2.05) is 54.6 Å². The Kier molecular flexibility index (Phi) is 6.09. The van der Waals surface area contributed by atoms with Crippen LogP contribution in [-0.4, -0.2) is 54.8 Å². The van der Waals surface area contributed by atoms with Crippen LogP contribution >= 0.6 is 0 Å². The number of ether oxygens (including phenoxy) is 1. The number of benzene rings is 2. The fourth-order valence-corrected chi connectivity index (χ4v) is 2.78. The zero-order chi connectivity index (χ0) is 18.2. The second-order valence-corrected chi connectivity index (χ2v) is 6.17. The van der Waals surface area contributed by atoms with E-state index in [4.69, 9.17) is 4.74 Å². The Bertz CT molecular complexity index is 711. The van der Waals surface area contributed by atoms with Crippen molar-refractivity contribution < 1.29 is 14.3 Å². The minimum atomic E-state index is 0.0416. The SMILES string of the molecule is O=CN1CCN(C(=O)CNc2ccc(OCc3ccccc3)cc2)CC1. The molecule has 6 nitrogen and oxygen atoms in total. The average Bonchev–Trinajstić information content (AvgIpc) is 2.72. The van der Waals surface area contributed by atoms with E-state index in [2.05, 4.69) is 5.32 Å². The van der Waals surface area contributed by atoms with Gasteiger partial charge in [-0.1, -0.05) is 30.3 Å². The average molecular weight is 353 g/mol. The lowest BCUT2D eigenvalue weighted by molar-refractivity contribution is -0.133. The molecule has 0 spiro atoms. The molecule has 2 aromatic carbocycles. The Hall–Kier alpha value is -3.02. The molecule has 1 aliphatic heterocycles. The first-order valence-corrected chi connectivity index (χ1v) is 8.72. The van der Waals surface area contributed by atoms with Crippen LogP contribution in [0.1, 0.15) is 5.56 Å². The summed E-state index contributed by atoms with van der Waals surface area (Å²) in [5, 5.41) is 3.14. The Morgan fingerprint density at radius 3 is 2.35 bits per heavy atom. The quantitative estimate of drug-likeness (QED) is 0.773. The van der Waals surface area contributed by atoms with Crippen LogP contribution < -0.4 is 10.1 Å². The highest BCUT2D eigenvalue weighted by molar-refractivity contribution is 5.81. The molecule has 0 atom stereocenters. The van der Waals surface area contributed by atoms with Crippen LogP contribution in [0.4, 0.5) is 5.69 Å². The number of carbonyl (C=O) groups excluding carboxylic acids is 2. The molecule has 6 heteroatoms. The van der Waals surface area contributed by atoms with E-state index < -0.39 is 0 Å². The second-order valence-electron chi connectivity index (χ2n) is 6.17. The van der Waals surface area contributed by atoms with Crippen molar-refractivity contribution >= 4 is 18.0 Å². The van der Waals surface area contributed by atoms with E-state index >= 15 is 0 Å². The highest BCUT2D eigenvalue weighted by Gasteiger charge is 2.19. The fraction of sp³-hybridized carbons (Fsp3) is 0.300. The summed E-state index contributed by atoms with van der Waals surface area (Å²) in [5.74, 6) is 0.829. The minimum Gasteiger partial charge on any atom is -0.489 e. The predicted molar refractivity (Wildman–Crippen MR) is 99.9 cm³/mol. The molecule has 2 aromatic rings. The molecule has 0 bridgehead atoms. The van der Waals surface area contributed by atoms with Gasteiger partial charge in [-0.3, -0.25) is 9.59 Å². The van der Waals surface area contributed by atoms with E-state index in [1.54, 1.807) is 9.80 Å². The van der Waals surface area contributed by atoms with Crippen LogP contribution in [0.15, 0.2) is 54.6 Å². The molecule has 2 amide bonds. The maximum atomic E-state index is 12.2. The van der Waals surface area contributed by atoms with E-state index in [0.29, 0.717) is 32.8 Å². The minimum absolute atomic E-state index is 0.0416. The number of carbonyl (C=O) groups is 2. The molecule has 1 saturated heterocycles. The monoisotopic (exact) mass is 353 g/mol. The molecule has 26 heavy (non-hydrogen) atoms. The number of anilines is 1. The van der Waals surface area contributed by atoms with E-state index in [1.165, 1.54) is 0 Å². The van der Waals surface area contributed by atoms with Crippen LogP contribution in [0, 0.1) is 0 Å². The van der Waals surface area contributed by atoms with E-state index in [-0.39, 0.29) is 12.5 Å². The van der Waals surface area contributed by atoms with Crippen molar-refractivity contribution in [3.63, 3.8) is 0 Å². The summed E-state index contributed by atoms with van der Waals surface area (Å²) in [6.45, 7) is 3.15. The Balaban J connectivity index is 1.42. The van der Waals surface area contributed by atoms with Crippen molar-refractivity contribution in [2.75, 3.05) is 38.0 Å². The van der Waals surface area contributed by atoms with Gasteiger partial charge < -0.3 is 19.9 Å². The van der Waals surface area contributed by atoms with Gasteiger partial charge in [0.2, 0.25) is 12.3 Å². The van der Waals surface area contributed by atoms with Crippen LogP contribution in [0.2, 0.25) is 0 Å². The molecule has 1 heterocycles. The molecule has 0 saturated carbocycles. The van der Waals surface area contributed by atoms with Crippen molar-refractivity contribution in [1.29, 1.82) is 0 Å². The van der Waals surface area contributed by atoms with Gasteiger partial charge in [-0.15, -0.1) is 0 Å². The van der Waals surface area contributed by atoms with Gasteiger partial charge in [0.05, 0.1) is 6.54 Å². The summed E-state index contributed by atoms with van der Waals surface area (Å²) in [4.78, 5) is 26.4. The van der Waals surface area contributed by atoms with Crippen molar-refractivity contribution in [2.45, 2.75) is 6.61 Å². The van der Waals surface area contributed by atoms with Gasteiger partial charge in [0.25, 0.3) is 0 Å². The topological polar surface area (TPSA) is 61.9 Å². The second kappa shape index (κ2) is 8.89. The summed E-state index contributed by atoms with van der Waals surface area (Å²) < 4.78 is 5.75. The predicted octanol–water partition coefficient (Wildman–Crippen LogP) is 1.98. The lowest BCUT2D eigenvalue weighted by Crippen LogP contribution is -2.49. The maximum Gasteiger partial charge on any atom is 0.241 e. The number of nitrogens with zero attached hydrogens (tertiary/aromatic N) is 2. The first-order valence-electron chi connectivity index (χ1n) is 8.72. The molecule has 0 radical (unpaired) electrons. The Morgan fingerprint density at radius 1 is 1.00 bits per heavy atom. The lowest BCUT2D eigenvalue weighted by atomic mass is 10.2. The fourth-order valence-electron chi connectivity index (χ4n) is 2.78. The standard InChI is InChI=1S/C20H23N3O3/c24-16-22-10-12-23(13-11-22)20(25)14-21-18-6-8-19(9-7-18)26-15-17-4-2-1-3-5-17/h1-9,16,21H,10-15H2. The van der Waals surface area contributed by atoms with Gasteiger partial charge in [0.15, 0.2) is 0 Å². The van der Waals surface area contributed by atoms with Gasteiger partial charge in [0.1, 0.15) is 12.4 Å². The van der Waals surface area contributed by atoms with E-state index in [0.717, 1.165) is 23.4 Å². The van der Waals surface area contributed by atoms with Gasteiger partial charge in [-0.05, 0) is 29.8 Å². The summed E-state index contributed by atoms with van der Waals surface area (Å²) in [6, 6.07) is 17.6. The van der Waals surface area contributed by atoms with Crippen molar-refractivity contribution in [2.24, 2.45) is 0 Å². The maximum absolute atomic E-state index is 12.2. The molecular formula is C20H23N3O3. The third-order valence-corrected chi connectivity index (χ3v) is 4.36. The molecule has 0 aliphatic carbocycles. The van der Waals surface area contributed by atoms with Crippen molar-refractivity contribution in [1.82, 2.24) is 9.80 Å². The number of hydrogen-bond donors (Lipinski definition) is 1. The van der Waals surface area contributed by atoms with Gasteiger partial charge in [-0.25, -0.2) is 0 Å². The molecule has 1 N–H and O–H groups in total. The lowest BCUT2D eigenvalue weighted by Gasteiger charge is -2.32. The Labute approximate surface area is 153 Å². The molecule has 1 fully saturated rings. The van der Waals surface area contributed by atoms with Crippen LogP contribution in [0.5, 0.6) is 5.75 Å². The van der Waals surface area contributed by atoms with E-state index in [9.17, 15) is 9.59 Å². The summed E-state index contributed by atoms with van der Waals surface area (Å²) in [7, 11) is 0.